The van der Waals surface area contributed by atoms with E-state index in [4.69, 9.17) is 0 Å². The second-order valence-corrected chi connectivity index (χ2v) is 8.69. The Morgan fingerprint density at radius 1 is 1.04 bits per heavy atom. The van der Waals surface area contributed by atoms with Crippen LogP contribution in [-0.2, 0) is 23.8 Å². The van der Waals surface area contributed by atoms with Crippen LogP contribution in [0, 0.1) is 0 Å². The van der Waals surface area contributed by atoms with Crippen molar-refractivity contribution in [2.24, 2.45) is 7.05 Å². The van der Waals surface area contributed by atoms with E-state index >= 15 is 0 Å². The molecule has 1 aromatic heterocycles. The fourth-order valence-corrected chi connectivity index (χ4v) is 3.53. The monoisotopic (exact) mass is 394 g/mol. The van der Waals surface area contributed by atoms with E-state index in [0.29, 0.717) is 12.3 Å². The van der Waals surface area contributed by atoms with Gasteiger partial charge in [0.25, 0.3) is 0 Å². The third-order valence-electron chi connectivity index (χ3n) is 4.51. The lowest BCUT2D eigenvalue weighted by Gasteiger charge is -2.19. The van der Waals surface area contributed by atoms with Crippen LogP contribution in [0.3, 0.4) is 0 Å². The highest BCUT2D eigenvalue weighted by Crippen LogP contribution is 2.26. The van der Waals surface area contributed by atoms with Gasteiger partial charge < -0.3 is 9.88 Å². The molecule has 0 aliphatic carbocycles. The lowest BCUT2D eigenvalue weighted by atomic mass is 9.87. The van der Waals surface area contributed by atoms with E-state index in [2.05, 4.69) is 60.6 Å². The minimum absolute atomic E-state index is 0.0204. The molecule has 28 heavy (non-hydrogen) atoms. The third-order valence-corrected chi connectivity index (χ3v) is 5.53. The summed E-state index contributed by atoms with van der Waals surface area (Å²) in [5.41, 5.74) is 3.50. The van der Waals surface area contributed by atoms with Crippen LogP contribution in [-0.4, -0.2) is 26.4 Å². The van der Waals surface area contributed by atoms with Gasteiger partial charge in [-0.1, -0.05) is 87.1 Å². The third kappa shape index (κ3) is 5.01. The van der Waals surface area contributed by atoms with Gasteiger partial charge in [0.15, 0.2) is 11.0 Å². The van der Waals surface area contributed by atoms with Gasteiger partial charge in [-0.3, -0.25) is 4.79 Å². The van der Waals surface area contributed by atoms with E-state index in [1.165, 1.54) is 17.3 Å². The molecule has 3 rings (SSSR count). The van der Waals surface area contributed by atoms with Gasteiger partial charge in [-0.25, -0.2) is 0 Å². The van der Waals surface area contributed by atoms with E-state index in [0.717, 1.165) is 22.1 Å². The fourth-order valence-electron chi connectivity index (χ4n) is 2.79. The van der Waals surface area contributed by atoms with Crippen LogP contribution in [0.25, 0.3) is 11.4 Å². The fraction of sp³-hybridized carbons (Fsp3) is 0.318. The van der Waals surface area contributed by atoms with Crippen molar-refractivity contribution in [1.29, 1.82) is 0 Å². The molecule has 0 aliphatic heterocycles. The number of hydrogen-bond donors (Lipinski definition) is 1. The van der Waals surface area contributed by atoms with Crippen LogP contribution in [0.5, 0.6) is 0 Å². The summed E-state index contributed by atoms with van der Waals surface area (Å²) in [6, 6.07) is 18.3. The smallest absolute Gasteiger partial charge is 0.230 e. The van der Waals surface area contributed by atoms with Crippen LogP contribution in [0.4, 0.5) is 0 Å². The van der Waals surface area contributed by atoms with E-state index in [1.807, 2.05) is 41.9 Å². The number of nitrogens with zero attached hydrogens (tertiary/aromatic N) is 3. The summed E-state index contributed by atoms with van der Waals surface area (Å²) in [7, 11) is 1.93. The van der Waals surface area contributed by atoms with E-state index < -0.39 is 0 Å². The minimum Gasteiger partial charge on any atom is -0.351 e. The van der Waals surface area contributed by atoms with Crippen molar-refractivity contribution in [3.8, 4) is 11.4 Å². The van der Waals surface area contributed by atoms with Crippen molar-refractivity contribution in [1.82, 2.24) is 20.1 Å². The zero-order chi connectivity index (χ0) is 20.1. The molecule has 2 aromatic carbocycles. The SMILES string of the molecule is Cn1c(SCC(=O)NCc2ccccc2)nnc1-c1ccc(C(C)(C)C)cc1. The van der Waals surface area contributed by atoms with Crippen molar-refractivity contribution in [2.45, 2.75) is 37.9 Å². The van der Waals surface area contributed by atoms with Gasteiger partial charge in [0, 0.05) is 19.2 Å². The highest BCUT2D eigenvalue weighted by molar-refractivity contribution is 7.99. The molecule has 0 saturated heterocycles. The van der Waals surface area contributed by atoms with E-state index in [1.54, 1.807) is 0 Å². The molecule has 0 spiro atoms. The predicted molar refractivity (Wildman–Crippen MR) is 114 cm³/mol. The van der Waals surface area contributed by atoms with Gasteiger partial charge >= 0.3 is 0 Å². The Morgan fingerprint density at radius 2 is 1.71 bits per heavy atom. The molecule has 0 radical (unpaired) electrons. The Bertz CT molecular complexity index is 927. The summed E-state index contributed by atoms with van der Waals surface area (Å²) < 4.78 is 1.93. The van der Waals surface area contributed by atoms with Crippen molar-refractivity contribution in [2.75, 3.05) is 5.75 Å². The van der Waals surface area contributed by atoms with Crippen LogP contribution in [0.2, 0.25) is 0 Å². The van der Waals surface area contributed by atoms with Crippen molar-refractivity contribution >= 4 is 17.7 Å². The molecule has 5 nitrogen and oxygen atoms in total. The molecular weight excluding hydrogens is 368 g/mol. The second kappa shape index (κ2) is 8.61. The maximum absolute atomic E-state index is 12.1. The molecule has 146 valence electrons. The molecule has 0 fully saturated rings. The Hall–Kier alpha value is -2.60. The lowest BCUT2D eigenvalue weighted by Crippen LogP contribution is -2.24. The number of aromatic nitrogens is 3. The summed E-state index contributed by atoms with van der Waals surface area (Å²) in [6.07, 6.45) is 0. The molecular formula is C22H26N4OS. The first-order chi connectivity index (χ1) is 13.3. The van der Waals surface area contributed by atoms with Gasteiger partial charge in [0.05, 0.1) is 5.75 Å². The molecule has 1 heterocycles. The molecule has 1 amide bonds. The molecule has 1 N–H and O–H groups in total. The average Bonchev–Trinajstić information content (AvgIpc) is 3.05. The standard InChI is InChI=1S/C22H26N4OS/c1-22(2,3)18-12-10-17(11-13-18)20-24-25-21(26(20)4)28-15-19(27)23-14-16-8-6-5-7-9-16/h5-13H,14-15H2,1-4H3,(H,23,27). The summed E-state index contributed by atoms with van der Waals surface area (Å²) >= 11 is 1.39. The average molecular weight is 395 g/mol. The van der Waals surface area contributed by atoms with Crippen LogP contribution >= 0.6 is 11.8 Å². The molecule has 0 bridgehead atoms. The van der Waals surface area contributed by atoms with Crippen molar-refractivity contribution in [3.63, 3.8) is 0 Å². The Balaban J connectivity index is 1.59. The van der Waals surface area contributed by atoms with Gasteiger partial charge in [0.1, 0.15) is 0 Å². The Morgan fingerprint density at radius 3 is 2.36 bits per heavy atom. The van der Waals surface area contributed by atoms with Crippen molar-refractivity contribution in [3.05, 3.63) is 65.7 Å². The number of carbonyl (C=O) groups excluding carboxylic acids is 1. The zero-order valence-electron chi connectivity index (χ0n) is 16.8. The predicted octanol–water partition coefficient (Wildman–Crippen LogP) is 4.19. The number of amides is 1. The highest BCUT2D eigenvalue weighted by Gasteiger charge is 2.16. The van der Waals surface area contributed by atoms with Gasteiger partial charge in [0.2, 0.25) is 5.91 Å². The maximum Gasteiger partial charge on any atom is 0.230 e. The molecule has 0 atom stereocenters. The zero-order valence-corrected chi connectivity index (χ0v) is 17.6. The van der Waals surface area contributed by atoms with Gasteiger partial charge in [-0.15, -0.1) is 10.2 Å². The second-order valence-electron chi connectivity index (χ2n) is 7.74. The first kappa shape index (κ1) is 20.1. The Kier molecular flexibility index (Phi) is 6.19. The normalized spacial score (nSPS) is 11.4. The number of nitrogens with one attached hydrogen (secondary N) is 1. The summed E-state index contributed by atoms with van der Waals surface area (Å²) in [4.78, 5) is 12.1. The number of rotatable bonds is 6. The molecule has 0 aliphatic rings. The highest BCUT2D eigenvalue weighted by atomic mass is 32.2. The quantitative estimate of drug-likeness (QED) is 0.637. The van der Waals surface area contributed by atoms with Gasteiger partial charge in [-0.2, -0.15) is 0 Å². The van der Waals surface area contributed by atoms with Gasteiger partial charge in [-0.05, 0) is 16.5 Å². The molecule has 6 heteroatoms. The van der Waals surface area contributed by atoms with Crippen LogP contribution in [0.15, 0.2) is 59.8 Å². The lowest BCUT2D eigenvalue weighted by molar-refractivity contribution is -0.118. The van der Waals surface area contributed by atoms with Crippen molar-refractivity contribution < 1.29 is 4.79 Å². The largest absolute Gasteiger partial charge is 0.351 e. The number of thioether (sulfide) groups is 1. The first-order valence-electron chi connectivity index (χ1n) is 9.28. The van der Waals surface area contributed by atoms with Crippen LogP contribution < -0.4 is 5.32 Å². The molecule has 0 unspecified atom stereocenters. The number of carbonyl (C=O) groups is 1. The maximum atomic E-state index is 12.1. The summed E-state index contributed by atoms with van der Waals surface area (Å²) in [6.45, 7) is 7.12. The van der Waals surface area contributed by atoms with E-state index in [-0.39, 0.29) is 11.3 Å². The number of hydrogen-bond acceptors (Lipinski definition) is 4. The number of benzene rings is 2. The summed E-state index contributed by atoms with van der Waals surface area (Å²) in [5.74, 6) is 1.09. The Labute approximate surface area is 170 Å². The molecule has 3 aromatic rings. The molecule has 0 saturated carbocycles. The van der Waals surface area contributed by atoms with E-state index in [9.17, 15) is 4.79 Å². The van der Waals surface area contributed by atoms with Crippen LogP contribution in [0.1, 0.15) is 31.9 Å². The summed E-state index contributed by atoms with van der Waals surface area (Å²) in [5, 5.41) is 12.2. The minimum atomic E-state index is -0.0204. The first-order valence-corrected chi connectivity index (χ1v) is 10.3. The topological polar surface area (TPSA) is 59.8 Å².